The molecule has 1 aliphatic rings. The SMILES string of the molecule is CCOP(=O)(CO[C@@H]1C[C@@H](OC(=O)c2ccccc2)[C@H](n2nnc3c(N)ncnc32)O1)OCC. The third-order valence-electron chi connectivity index (χ3n) is 4.90. The normalized spacial score (nSPS) is 20.6. The van der Waals surface area contributed by atoms with Gasteiger partial charge in [-0.3, -0.25) is 4.57 Å². The lowest BCUT2D eigenvalue weighted by Crippen LogP contribution is -2.26. The molecule has 2 N–H and O–H groups in total. The number of rotatable bonds is 10. The Kier molecular flexibility index (Phi) is 7.49. The highest BCUT2D eigenvalue weighted by Gasteiger charge is 2.43. The monoisotopic (exact) mass is 492 g/mol. The van der Waals surface area contributed by atoms with Gasteiger partial charge in [-0.25, -0.2) is 14.8 Å². The molecule has 1 saturated heterocycles. The van der Waals surface area contributed by atoms with Crippen LogP contribution in [0, 0.1) is 0 Å². The highest BCUT2D eigenvalue weighted by Crippen LogP contribution is 2.49. The number of anilines is 1. The third kappa shape index (κ3) is 5.24. The summed E-state index contributed by atoms with van der Waals surface area (Å²) in [5.41, 5.74) is 6.81. The molecule has 1 aliphatic heterocycles. The number of hydrogen-bond acceptors (Lipinski definition) is 12. The van der Waals surface area contributed by atoms with E-state index in [0.717, 1.165) is 0 Å². The predicted octanol–water partition coefficient (Wildman–Crippen LogP) is 2.51. The van der Waals surface area contributed by atoms with Crippen molar-refractivity contribution in [1.29, 1.82) is 0 Å². The van der Waals surface area contributed by atoms with Gasteiger partial charge in [0.2, 0.25) is 0 Å². The van der Waals surface area contributed by atoms with Crippen LogP contribution in [-0.4, -0.2) is 62.9 Å². The second-order valence-electron chi connectivity index (χ2n) is 7.21. The van der Waals surface area contributed by atoms with E-state index in [4.69, 9.17) is 29.0 Å². The molecule has 4 rings (SSSR count). The molecule has 2 aromatic heterocycles. The zero-order valence-electron chi connectivity index (χ0n) is 18.6. The molecule has 3 aromatic rings. The molecule has 1 aromatic carbocycles. The van der Waals surface area contributed by atoms with Gasteiger partial charge in [-0.2, -0.15) is 4.68 Å². The topological polar surface area (TPSA) is 163 Å². The minimum Gasteiger partial charge on any atom is -0.454 e. The highest BCUT2D eigenvalue weighted by molar-refractivity contribution is 7.53. The fraction of sp³-hybridized carbons (Fsp3) is 0.450. The summed E-state index contributed by atoms with van der Waals surface area (Å²) < 4.78 is 42.1. The van der Waals surface area contributed by atoms with Crippen LogP contribution in [0.3, 0.4) is 0 Å². The van der Waals surface area contributed by atoms with E-state index >= 15 is 0 Å². The fourth-order valence-electron chi connectivity index (χ4n) is 3.45. The van der Waals surface area contributed by atoms with Gasteiger partial charge >= 0.3 is 13.6 Å². The standard InChI is InChI=1S/C20H25N6O7P/c1-3-30-34(28,31-4-2)12-29-15-10-14(32-20(27)13-8-6-5-7-9-13)19(33-15)26-18-16(24-25-26)17(21)22-11-23-18/h5-9,11,14-15,19H,3-4,10,12H2,1-2H3,(H2,21,22,23)/t14-,15+,19-/m1/s1. The first kappa shape index (κ1) is 24.2. The van der Waals surface area contributed by atoms with E-state index in [1.54, 1.807) is 44.2 Å². The maximum absolute atomic E-state index is 12.8. The number of nitrogens with zero attached hydrogens (tertiary/aromatic N) is 5. The van der Waals surface area contributed by atoms with Crippen molar-refractivity contribution in [2.45, 2.75) is 38.9 Å². The van der Waals surface area contributed by atoms with Crippen LogP contribution in [0.25, 0.3) is 11.2 Å². The Morgan fingerprint density at radius 2 is 1.94 bits per heavy atom. The highest BCUT2D eigenvalue weighted by atomic mass is 31.2. The van der Waals surface area contributed by atoms with Crippen LogP contribution in [0.1, 0.15) is 36.9 Å². The summed E-state index contributed by atoms with van der Waals surface area (Å²) in [6, 6.07) is 8.53. The molecule has 0 radical (unpaired) electrons. The van der Waals surface area contributed by atoms with Crippen LogP contribution in [0.2, 0.25) is 0 Å². The molecule has 0 bridgehead atoms. The van der Waals surface area contributed by atoms with Gasteiger partial charge in [0.25, 0.3) is 0 Å². The van der Waals surface area contributed by atoms with Crippen molar-refractivity contribution >= 4 is 30.5 Å². The number of hydrogen-bond donors (Lipinski definition) is 1. The van der Waals surface area contributed by atoms with Crippen LogP contribution in [0.15, 0.2) is 36.7 Å². The van der Waals surface area contributed by atoms with Crippen molar-refractivity contribution in [3.05, 3.63) is 42.2 Å². The summed E-state index contributed by atoms with van der Waals surface area (Å²) in [5, 5.41) is 8.09. The molecule has 0 amide bonds. The number of carbonyl (C=O) groups excluding carboxylic acids is 1. The minimum absolute atomic E-state index is 0.128. The smallest absolute Gasteiger partial charge is 0.356 e. The predicted molar refractivity (Wildman–Crippen MR) is 119 cm³/mol. The Morgan fingerprint density at radius 3 is 2.65 bits per heavy atom. The van der Waals surface area contributed by atoms with Crippen molar-refractivity contribution in [2.24, 2.45) is 0 Å². The van der Waals surface area contributed by atoms with Crippen LogP contribution in [0.4, 0.5) is 5.82 Å². The van der Waals surface area contributed by atoms with E-state index in [1.807, 2.05) is 0 Å². The summed E-state index contributed by atoms with van der Waals surface area (Å²) in [4.78, 5) is 20.8. The molecule has 1 fully saturated rings. The molecule has 0 saturated carbocycles. The van der Waals surface area contributed by atoms with Gasteiger partial charge in [0.1, 0.15) is 6.33 Å². The first-order chi connectivity index (χ1) is 16.4. The number of aromatic nitrogens is 5. The van der Waals surface area contributed by atoms with Gasteiger partial charge in [0.05, 0.1) is 18.8 Å². The van der Waals surface area contributed by atoms with Crippen molar-refractivity contribution in [3.8, 4) is 0 Å². The first-order valence-corrected chi connectivity index (χ1v) is 12.4. The quantitative estimate of drug-likeness (QED) is 0.325. The molecular weight excluding hydrogens is 467 g/mol. The third-order valence-corrected chi connectivity index (χ3v) is 6.67. The van der Waals surface area contributed by atoms with E-state index in [-0.39, 0.29) is 37.3 Å². The maximum Gasteiger partial charge on any atom is 0.356 e. The number of carbonyl (C=O) groups is 1. The molecule has 0 unspecified atom stereocenters. The Balaban J connectivity index is 1.57. The second-order valence-corrected chi connectivity index (χ2v) is 9.21. The van der Waals surface area contributed by atoms with Gasteiger partial charge in [0, 0.05) is 6.42 Å². The number of nitrogens with two attached hydrogens (primary N) is 1. The summed E-state index contributed by atoms with van der Waals surface area (Å²) in [7, 11) is -3.47. The average Bonchev–Trinajstić information content (AvgIpc) is 3.43. The van der Waals surface area contributed by atoms with E-state index in [1.165, 1.54) is 11.0 Å². The van der Waals surface area contributed by atoms with E-state index in [0.29, 0.717) is 11.2 Å². The molecule has 3 atom stereocenters. The zero-order chi connectivity index (χ0) is 24.1. The average molecular weight is 492 g/mol. The first-order valence-electron chi connectivity index (χ1n) is 10.7. The van der Waals surface area contributed by atoms with E-state index in [2.05, 4.69) is 20.3 Å². The largest absolute Gasteiger partial charge is 0.454 e. The zero-order valence-corrected chi connectivity index (χ0v) is 19.5. The molecule has 3 heterocycles. The molecule has 0 spiro atoms. The van der Waals surface area contributed by atoms with Gasteiger partial charge in [-0.15, -0.1) is 5.10 Å². The summed E-state index contributed by atoms with van der Waals surface area (Å²) >= 11 is 0. The molecule has 34 heavy (non-hydrogen) atoms. The molecular formula is C20H25N6O7P. The number of nitrogen functional groups attached to an aromatic ring is 1. The Hall–Kier alpha value is -2.96. The Bertz CT molecular complexity index is 1170. The van der Waals surface area contributed by atoms with Crippen LogP contribution < -0.4 is 5.73 Å². The molecule has 0 aliphatic carbocycles. The van der Waals surface area contributed by atoms with Crippen molar-refractivity contribution < 1.29 is 32.6 Å². The Labute approximate surface area is 195 Å². The van der Waals surface area contributed by atoms with Crippen molar-refractivity contribution in [3.63, 3.8) is 0 Å². The minimum atomic E-state index is -3.47. The van der Waals surface area contributed by atoms with Crippen LogP contribution >= 0.6 is 7.60 Å². The van der Waals surface area contributed by atoms with Crippen LogP contribution in [0.5, 0.6) is 0 Å². The number of fused-ring (bicyclic) bond motifs is 1. The lowest BCUT2D eigenvalue weighted by atomic mass is 10.2. The fourth-order valence-corrected chi connectivity index (χ4v) is 4.81. The lowest BCUT2D eigenvalue weighted by Gasteiger charge is -2.20. The Morgan fingerprint density at radius 1 is 1.21 bits per heavy atom. The van der Waals surface area contributed by atoms with Crippen molar-refractivity contribution in [2.75, 3.05) is 25.3 Å². The summed E-state index contributed by atoms with van der Waals surface area (Å²) in [5.74, 6) is -0.401. The second kappa shape index (κ2) is 10.5. The van der Waals surface area contributed by atoms with Crippen LogP contribution in [-0.2, 0) is 27.8 Å². The molecule has 182 valence electrons. The van der Waals surface area contributed by atoms with E-state index in [9.17, 15) is 9.36 Å². The summed E-state index contributed by atoms with van der Waals surface area (Å²) in [6.07, 6.45) is -1.59. The molecule has 13 nitrogen and oxygen atoms in total. The van der Waals surface area contributed by atoms with Gasteiger partial charge in [-0.1, -0.05) is 23.4 Å². The lowest BCUT2D eigenvalue weighted by molar-refractivity contribution is -0.149. The number of ether oxygens (including phenoxy) is 3. The van der Waals surface area contributed by atoms with Gasteiger partial charge in [0.15, 0.2) is 42.0 Å². The van der Waals surface area contributed by atoms with Gasteiger partial charge in [-0.05, 0) is 26.0 Å². The molecule has 14 heteroatoms. The summed E-state index contributed by atoms with van der Waals surface area (Å²) in [6.45, 7) is 3.79. The van der Waals surface area contributed by atoms with Gasteiger partial charge < -0.3 is 29.0 Å². The number of benzene rings is 1. The maximum atomic E-state index is 12.8. The van der Waals surface area contributed by atoms with E-state index < -0.39 is 32.2 Å². The number of esters is 1. The van der Waals surface area contributed by atoms with Crippen molar-refractivity contribution in [1.82, 2.24) is 25.0 Å².